The minimum absolute atomic E-state index is 0. The van der Waals surface area contributed by atoms with Gasteiger partial charge in [-0.3, -0.25) is 4.99 Å². The number of aliphatic imine (C=N–C) groups is 1. The first kappa shape index (κ1) is 19.1. The number of nitrogens with zero attached hydrogens (tertiary/aromatic N) is 1. The van der Waals surface area contributed by atoms with Crippen molar-refractivity contribution in [3.05, 3.63) is 29.3 Å². The smallest absolute Gasteiger partial charge is 0.191 e. The summed E-state index contributed by atoms with van der Waals surface area (Å²) in [7, 11) is 1.72. The van der Waals surface area contributed by atoms with E-state index in [4.69, 9.17) is 4.74 Å². The first-order valence-electron chi connectivity index (χ1n) is 7.88. The molecule has 0 heterocycles. The molecule has 1 aromatic carbocycles. The highest BCUT2D eigenvalue weighted by atomic mass is 127. The summed E-state index contributed by atoms with van der Waals surface area (Å²) in [6.45, 7) is 6.89. The van der Waals surface area contributed by atoms with Crippen molar-refractivity contribution >= 4 is 29.9 Å². The number of halogens is 1. The third-order valence-electron chi connectivity index (χ3n) is 3.73. The summed E-state index contributed by atoms with van der Waals surface area (Å²) in [4.78, 5) is 4.62. The van der Waals surface area contributed by atoms with Gasteiger partial charge in [-0.15, -0.1) is 24.0 Å². The molecule has 1 fully saturated rings. The van der Waals surface area contributed by atoms with Crippen LogP contribution in [-0.2, 0) is 6.42 Å². The Morgan fingerprint density at radius 2 is 2.09 bits per heavy atom. The fourth-order valence-electron chi connectivity index (χ4n) is 2.21. The van der Waals surface area contributed by atoms with Crippen molar-refractivity contribution in [3.63, 3.8) is 0 Å². The Balaban J connectivity index is 0.00000242. The van der Waals surface area contributed by atoms with E-state index < -0.39 is 0 Å². The fraction of sp³-hybridized carbons (Fsp3) is 0.588. The average molecular weight is 417 g/mol. The number of methoxy groups -OCH3 is 1. The molecule has 1 aliphatic rings. The lowest BCUT2D eigenvalue weighted by Gasteiger charge is -2.12. The van der Waals surface area contributed by atoms with Gasteiger partial charge >= 0.3 is 0 Å². The van der Waals surface area contributed by atoms with Crippen LogP contribution < -0.4 is 15.4 Å². The molecule has 5 heteroatoms. The number of rotatable bonds is 7. The normalized spacial score (nSPS) is 14.2. The summed E-state index contributed by atoms with van der Waals surface area (Å²) in [6.07, 6.45) is 3.64. The Hall–Kier alpha value is -0.980. The van der Waals surface area contributed by atoms with E-state index in [0.717, 1.165) is 43.7 Å². The Kier molecular flexibility index (Phi) is 8.60. The number of nitrogens with one attached hydrogen (secondary N) is 2. The van der Waals surface area contributed by atoms with Crippen molar-refractivity contribution in [1.29, 1.82) is 0 Å². The summed E-state index contributed by atoms with van der Waals surface area (Å²) in [5.74, 6) is 2.71. The predicted molar refractivity (Wildman–Crippen MR) is 104 cm³/mol. The molecule has 0 aromatic heterocycles. The van der Waals surface area contributed by atoms with Crippen LogP contribution in [0.1, 0.15) is 30.9 Å². The largest absolute Gasteiger partial charge is 0.496 e. The molecule has 1 aromatic rings. The Morgan fingerprint density at radius 1 is 1.32 bits per heavy atom. The molecular formula is C17H28IN3O. The molecule has 0 saturated heterocycles. The zero-order chi connectivity index (χ0) is 15.1. The Labute approximate surface area is 151 Å². The van der Waals surface area contributed by atoms with E-state index in [9.17, 15) is 0 Å². The highest BCUT2D eigenvalue weighted by molar-refractivity contribution is 14.0. The molecular weight excluding hydrogens is 389 g/mol. The summed E-state index contributed by atoms with van der Waals surface area (Å²) in [5.41, 5.74) is 2.46. The van der Waals surface area contributed by atoms with Gasteiger partial charge in [0.25, 0.3) is 0 Å². The quantitative estimate of drug-likeness (QED) is 0.407. The average Bonchev–Trinajstić information content (AvgIpc) is 3.30. The van der Waals surface area contributed by atoms with Gasteiger partial charge in [0.2, 0.25) is 0 Å². The van der Waals surface area contributed by atoms with Crippen molar-refractivity contribution in [2.45, 2.75) is 33.1 Å². The van der Waals surface area contributed by atoms with Crippen LogP contribution in [0, 0.1) is 12.8 Å². The van der Waals surface area contributed by atoms with Crippen molar-refractivity contribution in [3.8, 4) is 5.75 Å². The zero-order valence-electron chi connectivity index (χ0n) is 13.8. The third-order valence-corrected chi connectivity index (χ3v) is 3.73. The number of aryl methyl sites for hydroxylation is 1. The second-order valence-corrected chi connectivity index (χ2v) is 5.64. The Morgan fingerprint density at radius 3 is 2.73 bits per heavy atom. The first-order valence-corrected chi connectivity index (χ1v) is 7.88. The van der Waals surface area contributed by atoms with Crippen LogP contribution in [0.4, 0.5) is 0 Å². The van der Waals surface area contributed by atoms with Crippen LogP contribution in [0.2, 0.25) is 0 Å². The van der Waals surface area contributed by atoms with Crippen LogP contribution in [0.3, 0.4) is 0 Å². The number of guanidine groups is 1. The lowest BCUT2D eigenvalue weighted by Crippen LogP contribution is -2.38. The summed E-state index contributed by atoms with van der Waals surface area (Å²) >= 11 is 0. The van der Waals surface area contributed by atoms with E-state index in [1.54, 1.807) is 7.11 Å². The van der Waals surface area contributed by atoms with Gasteiger partial charge in [0.15, 0.2) is 5.96 Å². The van der Waals surface area contributed by atoms with Crippen molar-refractivity contribution < 1.29 is 4.74 Å². The standard InChI is InChI=1S/C17H27N3O.HI/c1-4-18-17(20-12-15-7-8-15)19-10-9-14-6-5-13(2)16(11-14)21-3;/h5-6,11,15H,4,7-10,12H2,1-3H3,(H2,18,19,20);1H. The maximum Gasteiger partial charge on any atom is 0.191 e. The van der Waals surface area contributed by atoms with Crippen molar-refractivity contribution in [2.24, 2.45) is 10.9 Å². The van der Waals surface area contributed by atoms with Gasteiger partial charge in [-0.05, 0) is 56.2 Å². The van der Waals surface area contributed by atoms with Crippen molar-refractivity contribution in [2.75, 3.05) is 26.7 Å². The fourth-order valence-corrected chi connectivity index (χ4v) is 2.21. The van der Waals surface area contributed by atoms with Crippen LogP contribution in [-0.4, -0.2) is 32.7 Å². The summed E-state index contributed by atoms with van der Waals surface area (Å²) < 4.78 is 5.37. The molecule has 2 rings (SSSR count). The molecule has 0 amide bonds. The molecule has 0 atom stereocenters. The third kappa shape index (κ3) is 6.42. The van der Waals surface area contributed by atoms with E-state index >= 15 is 0 Å². The van der Waals surface area contributed by atoms with E-state index in [1.165, 1.54) is 24.0 Å². The van der Waals surface area contributed by atoms with Crippen LogP contribution >= 0.6 is 24.0 Å². The zero-order valence-corrected chi connectivity index (χ0v) is 16.1. The number of benzene rings is 1. The van der Waals surface area contributed by atoms with E-state index in [2.05, 4.69) is 47.7 Å². The SMILES string of the molecule is CCNC(=NCC1CC1)NCCc1ccc(C)c(OC)c1.I. The maximum atomic E-state index is 5.37. The number of hydrogen-bond acceptors (Lipinski definition) is 2. The summed E-state index contributed by atoms with van der Waals surface area (Å²) in [6, 6.07) is 6.39. The number of hydrogen-bond donors (Lipinski definition) is 2. The minimum Gasteiger partial charge on any atom is -0.496 e. The molecule has 0 unspecified atom stereocenters. The van der Waals surface area contributed by atoms with Gasteiger partial charge in [0, 0.05) is 19.6 Å². The molecule has 1 saturated carbocycles. The van der Waals surface area contributed by atoms with Crippen LogP contribution in [0.5, 0.6) is 5.75 Å². The molecule has 0 spiro atoms. The lowest BCUT2D eigenvalue weighted by atomic mass is 10.1. The predicted octanol–water partition coefficient (Wildman–Crippen LogP) is 3.13. The molecule has 124 valence electrons. The maximum absolute atomic E-state index is 5.37. The molecule has 2 N–H and O–H groups in total. The summed E-state index contributed by atoms with van der Waals surface area (Å²) in [5, 5.41) is 6.70. The lowest BCUT2D eigenvalue weighted by molar-refractivity contribution is 0.411. The Bertz CT molecular complexity index is 487. The molecule has 4 nitrogen and oxygen atoms in total. The second kappa shape index (κ2) is 9.92. The molecule has 22 heavy (non-hydrogen) atoms. The van der Waals surface area contributed by atoms with Gasteiger partial charge in [0.05, 0.1) is 7.11 Å². The van der Waals surface area contributed by atoms with Gasteiger partial charge in [0.1, 0.15) is 5.75 Å². The highest BCUT2D eigenvalue weighted by Crippen LogP contribution is 2.28. The monoisotopic (exact) mass is 417 g/mol. The van der Waals surface area contributed by atoms with E-state index in [-0.39, 0.29) is 24.0 Å². The van der Waals surface area contributed by atoms with Gasteiger partial charge < -0.3 is 15.4 Å². The molecule has 0 aliphatic heterocycles. The number of ether oxygens (including phenoxy) is 1. The molecule has 1 aliphatic carbocycles. The van der Waals surface area contributed by atoms with Crippen LogP contribution in [0.15, 0.2) is 23.2 Å². The van der Waals surface area contributed by atoms with Crippen LogP contribution in [0.25, 0.3) is 0 Å². The van der Waals surface area contributed by atoms with Gasteiger partial charge in [-0.1, -0.05) is 12.1 Å². The topological polar surface area (TPSA) is 45.7 Å². The van der Waals surface area contributed by atoms with Gasteiger partial charge in [-0.25, -0.2) is 0 Å². The highest BCUT2D eigenvalue weighted by Gasteiger charge is 2.20. The first-order chi connectivity index (χ1) is 10.2. The molecule has 0 radical (unpaired) electrons. The van der Waals surface area contributed by atoms with Gasteiger partial charge in [-0.2, -0.15) is 0 Å². The molecule has 0 bridgehead atoms. The second-order valence-electron chi connectivity index (χ2n) is 5.64. The van der Waals surface area contributed by atoms with E-state index in [0.29, 0.717) is 0 Å². The van der Waals surface area contributed by atoms with E-state index in [1.807, 2.05) is 0 Å². The van der Waals surface area contributed by atoms with Crippen molar-refractivity contribution in [1.82, 2.24) is 10.6 Å². The minimum atomic E-state index is 0.